The smallest absolute Gasteiger partial charge is 0.262 e. The Hall–Kier alpha value is -3.28. The maximum absolute atomic E-state index is 12.2. The first-order valence-electron chi connectivity index (χ1n) is 8.70. The van der Waals surface area contributed by atoms with E-state index in [2.05, 4.69) is 10.3 Å². The van der Waals surface area contributed by atoms with Crippen molar-refractivity contribution in [2.45, 2.75) is 19.8 Å². The van der Waals surface area contributed by atoms with E-state index in [1.165, 1.54) is 0 Å². The number of aromatic nitrogens is 1. The third-order valence-electron chi connectivity index (χ3n) is 4.21. The third-order valence-corrected chi connectivity index (χ3v) is 4.21. The average Bonchev–Trinajstić information content (AvgIpc) is 2.65. The number of aromatic amines is 1. The van der Waals surface area contributed by atoms with Crippen molar-refractivity contribution in [2.75, 3.05) is 19.0 Å². The lowest BCUT2D eigenvalue weighted by molar-refractivity contribution is -0.118. The number of rotatable bonds is 6. The second kappa shape index (κ2) is 7.95. The van der Waals surface area contributed by atoms with Crippen molar-refractivity contribution in [3.05, 3.63) is 64.4 Å². The molecule has 140 valence electrons. The molecule has 0 aliphatic rings. The van der Waals surface area contributed by atoms with Crippen LogP contribution < -0.4 is 20.3 Å². The summed E-state index contributed by atoms with van der Waals surface area (Å²) in [7, 11) is 1.55. The monoisotopic (exact) mass is 366 g/mol. The second-order valence-corrected chi connectivity index (χ2v) is 6.49. The van der Waals surface area contributed by atoms with Gasteiger partial charge in [0.2, 0.25) is 5.56 Å². The van der Waals surface area contributed by atoms with Crippen molar-refractivity contribution in [3.8, 4) is 11.5 Å². The van der Waals surface area contributed by atoms with E-state index in [-0.39, 0.29) is 24.0 Å². The van der Waals surface area contributed by atoms with E-state index in [1.807, 2.05) is 38.1 Å². The van der Waals surface area contributed by atoms with E-state index in [0.717, 1.165) is 10.9 Å². The van der Waals surface area contributed by atoms with Crippen LogP contribution in [0.4, 0.5) is 5.69 Å². The summed E-state index contributed by atoms with van der Waals surface area (Å²) in [6.45, 7) is 3.93. The van der Waals surface area contributed by atoms with E-state index >= 15 is 0 Å². The molecule has 2 N–H and O–H groups in total. The first kappa shape index (κ1) is 18.5. The number of para-hydroxylation sites is 2. The van der Waals surface area contributed by atoms with Gasteiger partial charge in [0.15, 0.2) is 18.1 Å². The average molecular weight is 366 g/mol. The summed E-state index contributed by atoms with van der Waals surface area (Å²) < 4.78 is 10.7. The summed E-state index contributed by atoms with van der Waals surface area (Å²) >= 11 is 0. The lowest BCUT2D eigenvalue weighted by Crippen LogP contribution is -2.20. The molecule has 0 atom stereocenters. The van der Waals surface area contributed by atoms with E-state index < -0.39 is 0 Å². The molecule has 0 saturated carbocycles. The number of anilines is 1. The van der Waals surface area contributed by atoms with Gasteiger partial charge in [0.25, 0.3) is 5.91 Å². The van der Waals surface area contributed by atoms with Crippen LogP contribution in [0.3, 0.4) is 0 Å². The predicted molar refractivity (Wildman–Crippen MR) is 106 cm³/mol. The number of fused-ring (bicyclic) bond motifs is 1. The van der Waals surface area contributed by atoms with Crippen LogP contribution in [0.25, 0.3) is 10.9 Å². The number of carbonyl (C=O) groups is 1. The molecule has 0 radical (unpaired) electrons. The molecular weight excluding hydrogens is 344 g/mol. The van der Waals surface area contributed by atoms with Gasteiger partial charge in [-0.25, -0.2) is 0 Å². The number of carbonyl (C=O) groups excluding carboxylic acids is 1. The van der Waals surface area contributed by atoms with Gasteiger partial charge in [-0.2, -0.15) is 0 Å². The molecule has 0 aliphatic carbocycles. The SMILES string of the molecule is COc1ccccc1OCC(=O)Nc1ccc2c(C(C)C)cc(=O)[nH]c2c1. The Bertz CT molecular complexity index is 1020. The predicted octanol–water partition coefficient (Wildman–Crippen LogP) is 3.68. The Kier molecular flexibility index (Phi) is 5.45. The van der Waals surface area contributed by atoms with Gasteiger partial charge in [-0.15, -0.1) is 0 Å². The summed E-state index contributed by atoms with van der Waals surface area (Å²) in [5, 5.41) is 3.75. The van der Waals surface area contributed by atoms with E-state index in [9.17, 15) is 9.59 Å². The molecule has 1 heterocycles. The molecule has 1 amide bonds. The van der Waals surface area contributed by atoms with Crippen LogP contribution >= 0.6 is 0 Å². The van der Waals surface area contributed by atoms with Crippen LogP contribution in [0.2, 0.25) is 0 Å². The summed E-state index contributed by atoms with van der Waals surface area (Å²) in [4.78, 5) is 26.9. The molecule has 6 heteroatoms. The Labute approximate surface area is 157 Å². The molecule has 0 aliphatic heterocycles. The summed E-state index contributed by atoms with van der Waals surface area (Å²) in [6.07, 6.45) is 0. The zero-order chi connectivity index (χ0) is 19.4. The minimum Gasteiger partial charge on any atom is -0.493 e. The fourth-order valence-corrected chi connectivity index (χ4v) is 2.92. The van der Waals surface area contributed by atoms with Crippen molar-refractivity contribution in [1.82, 2.24) is 4.98 Å². The minimum atomic E-state index is -0.303. The number of ether oxygens (including phenoxy) is 2. The fourth-order valence-electron chi connectivity index (χ4n) is 2.92. The molecule has 0 saturated heterocycles. The van der Waals surface area contributed by atoms with Gasteiger partial charge in [-0.1, -0.05) is 32.0 Å². The molecular formula is C21H22N2O4. The van der Waals surface area contributed by atoms with Crippen molar-refractivity contribution >= 4 is 22.5 Å². The number of benzene rings is 2. The lowest BCUT2D eigenvalue weighted by atomic mass is 9.99. The number of hydrogen-bond donors (Lipinski definition) is 2. The zero-order valence-corrected chi connectivity index (χ0v) is 15.5. The number of pyridine rings is 1. The highest BCUT2D eigenvalue weighted by atomic mass is 16.5. The Morgan fingerprint density at radius 3 is 2.56 bits per heavy atom. The van der Waals surface area contributed by atoms with Gasteiger partial charge < -0.3 is 19.8 Å². The fraction of sp³-hybridized carbons (Fsp3) is 0.238. The number of H-pyrrole nitrogens is 1. The highest BCUT2D eigenvalue weighted by Gasteiger charge is 2.10. The van der Waals surface area contributed by atoms with Gasteiger partial charge in [0.05, 0.1) is 12.6 Å². The van der Waals surface area contributed by atoms with Crippen LogP contribution in [-0.2, 0) is 4.79 Å². The summed E-state index contributed by atoms with van der Waals surface area (Å²) in [5.41, 5.74) is 2.10. The van der Waals surface area contributed by atoms with Gasteiger partial charge >= 0.3 is 0 Å². The number of amides is 1. The Morgan fingerprint density at radius 1 is 1.11 bits per heavy atom. The zero-order valence-electron chi connectivity index (χ0n) is 15.5. The third kappa shape index (κ3) is 4.28. The lowest BCUT2D eigenvalue weighted by Gasteiger charge is -2.12. The molecule has 3 aromatic rings. The molecule has 3 rings (SSSR count). The molecule has 6 nitrogen and oxygen atoms in total. The van der Waals surface area contributed by atoms with Gasteiger partial charge in [0, 0.05) is 17.1 Å². The van der Waals surface area contributed by atoms with E-state index in [0.29, 0.717) is 22.7 Å². The Morgan fingerprint density at radius 2 is 1.85 bits per heavy atom. The molecule has 0 spiro atoms. The van der Waals surface area contributed by atoms with Gasteiger partial charge in [0.1, 0.15) is 0 Å². The van der Waals surface area contributed by atoms with E-state index in [1.54, 1.807) is 31.4 Å². The largest absolute Gasteiger partial charge is 0.493 e. The topological polar surface area (TPSA) is 80.4 Å². The highest BCUT2D eigenvalue weighted by Crippen LogP contribution is 2.26. The molecule has 1 aromatic heterocycles. The molecule has 0 bridgehead atoms. The number of nitrogens with one attached hydrogen (secondary N) is 2. The van der Waals surface area contributed by atoms with Crippen LogP contribution in [-0.4, -0.2) is 24.6 Å². The number of hydrogen-bond acceptors (Lipinski definition) is 4. The second-order valence-electron chi connectivity index (χ2n) is 6.49. The summed E-state index contributed by atoms with van der Waals surface area (Å²) in [6, 6.07) is 14.2. The normalized spacial score (nSPS) is 10.8. The molecule has 0 unspecified atom stereocenters. The van der Waals surface area contributed by atoms with Crippen LogP contribution in [0.5, 0.6) is 11.5 Å². The molecule has 2 aromatic carbocycles. The maximum atomic E-state index is 12.2. The first-order valence-corrected chi connectivity index (χ1v) is 8.70. The van der Waals surface area contributed by atoms with Crippen molar-refractivity contribution in [1.29, 1.82) is 0 Å². The molecule has 27 heavy (non-hydrogen) atoms. The van der Waals surface area contributed by atoms with Crippen LogP contribution in [0.1, 0.15) is 25.3 Å². The molecule has 0 fully saturated rings. The number of methoxy groups -OCH3 is 1. The standard InChI is InChI=1S/C21H22N2O4/c1-13(2)16-11-20(24)23-17-10-14(8-9-15(16)17)22-21(25)12-27-19-7-5-4-6-18(19)26-3/h4-11,13H,12H2,1-3H3,(H,22,25)(H,23,24). The van der Waals surface area contributed by atoms with Crippen molar-refractivity contribution in [3.63, 3.8) is 0 Å². The van der Waals surface area contributed by atoms with Crippen molar-refractivity contribution in [2.24, 2.45) is 0 Å². The maximum Gasteiger partial charge on any atom is 0.262 e. The summed E-state index contributed by atoms with van der Waals surface area (Å²) in [5.74, 6) is 0.987. The quantitative estimate of drug-likeness (QED) is 0.697. The highest BCUT2D eigenvalue weighted by molar-refractivity contribution is 5.95. The minimum absolute atomic E-state index is 0.152. The van der Waals surface area contributed by atoms with E-state index in [4.69, 9.17) is 9.47 Å². The van der Waals surface area contributed by atoms with Crippen molar-refractivity contribution < 1.29 is 14.3 Å². The Balaban J connectivity index is 1.74. The first-order chi connectivity index (χ1) is 13.0. The van der Waals surface area contributed by atoms with Crippen LogP contribution in [0, 0.1) is 0 Å². The van der Waals surface area contributed by atoms with Crippen LogP contribution in [0.15, 0.2) is 53.3 Å². The van der Waals surface area contributed by atoms with Gasteiger partial charge in [-0.3, -0.25) is 9.59 Å². The van der Waals surface area contributed by atoms with Gasteiger partial charge in [-0.05, 0) is 35.7 Å².